The fourth-order valence-corrected chi connectivity index (χ4v) is 1.47. The van der Waals surface area contributed by atoms with Crippen molar-refractivity contribution in [3.05, 3.63) is 28.9 Å². The quantitative estimate of drug-likeness (QED) is 0.714. The van der Waals surface area contributed by atoms with Crippen LogP contribution in [0.2, 0.25) is 0 Å². The summed E-state index contributed by atoms with van der Waals surface area (Å²) >= 11 is 0. The van der Waals surface area contributed by atoms with Gasteiger partial charge in [-0.15, -0.1) is 5.10 Å². The van der Waals surface area contributed by atoms with E-state index in [0.29, 0.717) is 5.76 Å². The van der Waals surface area contributed by atoms with E-state index in [2.05, 4.69) is 15.2 Å². The molecule has 0 saturated heterocycles. The fraction of sp³-hybridized carbons (Fsp3) is 0.364. The third-order valence-corrected chi connectivity index (χ3v) is 2.72. The zero-order chi connectivity index (χ0) is 11.0. The minimum Gasteiger partial charge on any atom is -0.441 e. The molecule has 0 atom stereocenters. The summed E-state index contributed by atoms with van der Waals surface area (Å²) in [6.45, 7) is 7.91. The monoisotopic (exact) mass is 203 g/mol. The average molecular weight is 203 g/mol. The van der Waals surface area contributed by atoms with Gasteiger partial charge in [-0.25, -0.2) is 4.98 Å². The van der Waals surface area contributed by atoms with Gasteiger partial charge in [-0.05, 0) is 38.8 Å². The molecular formula is C11H13N3O. The maximum Gasteiger partial charge on any atom is 0.181 e. The number of aryl methyl sites for hydroxylation is 2. The molecule has 2 aromatic heterocycles. The minimum absolute atomic E-state index is 0.711. The summed E-state index contributed by atoms with van der Waals surface area (Å²) in [5, 5.41) is 8.26. The molecular weight excluding hydrogens is 190 g/mol. The Balaban J connectivity index is 2.65. The SMILES string of the molecule is Cc1ncoc1-c1nnc(C)c(C)c1C. The second-order valence-corrected chi connectivity index (χ2v) is 3.65. The number of hydrogen-bond donors (Lipinski definition) is 0. The van der Waals surface area contributed by atoms with Crippen molar-refractivity contribution in [2.75, 3.05) is 0 Å². The first-order valence-electron chi connectivity index (χ1n) is 4.82. The highest BCUT2D eigenvalue weighted by molar-refractivity contribution is 5.60. The van der Waals surface area contributed by atoms with Crippen LogP contribution >= 0.6 is 0 Å². The largest absolute Gasteiger partial charge is 0.441 e. The van der Waals surface area contributed by atoms with Gasteiger partial charge >= 0.3 is 0 Å². The van der Waals surface area contributed by atoms with Crippen LogP contribution in [0.15, 0.2) is 10.8 Å². The maximum absolute atomic E-state index is 5.31. The van der Waals surface area contributed by atoms with E-state index in [9.17, 15) is 0 Å². The normalized spacial score (nSPS) is 10.7. The van der Waals surface area contributed by atoms with Crippen molar-refractivity contribution in [1.29, 1.82) is 0 Å². The summed E-state index contributed by atoms with van der Waals surface area (Å²) < 4.78 is 5.31. The lowest BCUT2D eigenvalue weighted by molar-refractivity contribution is 0.567. The molecule has 2 aromatic rings. The molecule has 2 heterocycles. The van der Waals surface area contributed by atoms with Crippen molar-refractivity contribution in [2.24, 2.45) is 0 Å². The standard InChI is InChI=1S/C11H13N3O/c1-6-7(2)10(14-13-8(6)3)11-9(4)12-5-15-11/h5H,1-4H3. The Kier molecular flexibility index (Phi) is 2.26. The Labute approximate surface area is 88.4 Å². The van der Waals surface area contributed by atoms with Crippen molar-refractivity contribution in [2.45, 2.75) is 27.7 Å². The lowest BCUT2D eigenvalue weighted by Crippen LogP contribution is -1.99. The fourth-order valence-electron chi connectivity index (χ4n) is 1.47. The van der Waals surface area contributed by atoms with Gasteiger partial charge in [-0.3, -0.25) is 0 Å². The highest BCUT2D eigenvalue weighted by Gasteiger charge is 2.14. The van der Waals surface area contributed by atoms with Crippen molar-refractivity contribution >= 4 is 0 Å². The number of oxazole rings is 1. The first-order chi connectivity index (χ1) is 7.11. The summed E-state index contributed by atoms with van der Waals surface area (Å²) in [5.41, 5.74) is 4.83. The summed E-state index contributed by atoms with van der Waals surface area (Å²) in [4.78, 5) is 4.05. The minimum atomic E-state index is 0.711. The molecule has 0 aliphatic rings. The topological polar surface area (TPSA) is 51.8 Å². The molecule has 0 amide bonds. The summed E-state index contributed by atoms with van der Waals surface area (Å²) in [7, 11) is 0. The lowest BCUT2D eigenvalue weighted by Gasteiger charge is -2.06. The second-order valence-electron chi connectivity index (χ2n) is 3.65. The predicted molar refractivity (Wildman–Crippen MR) is 56.5 cm³/mol. The van der Waals surface area contributed by atoms with E-state index in [1.165, 1.54) is 6.39 Å². The van der Waals surface area contributed by atoms with Crippen molar-refractivity contribution in [1.82, 2.24) is 15.2 Å². The molecule has 2 rings (SSSR count). The molecule has 0 spiro atoms. The van der Waals surface area contributed by atoms with Crippen molar-refractivity contribution < 1.29 is 4.42 Å². The Morgan fingerprint density at radius 2 is 1.67 bits per heavy atom. The van der Waals surface area contributed by atoms with Crippen LogP contribution < -0.4 is 0 Å². The molecule has 4 nitrogen and oxygen atoms in total. The third kappa shape index (κ3) is 1.52. The van der Waals surface area contributed by atoms with Gasteiger partial charge < -0.3 is 4.42 Å². The van der Waals surface area contributed by atoms with E-state index in [1.54, 1.807) is 0 Å². The van der Waals surface area contributed by atoms with Crippen LogP contribution in [0.5, 0.6) is 0 Å². The highest BCUT2D eigenvalue weighted by Crippen LogP contribution is 2.25. The first-order valence-corrected chi connectivity index (χ1v) is 4.82. The van der Waals surface area contributed by atoms with Gasteiger partial charge in [-0.1, -0.05) is 0 Å². The van der Waals surface area contributed by atoms with Crippen LogP contribution in [0.25, 0.3) is 11.5 Å². The second kappa shape index (κ2) is 3.46. The first kappa shape index (κ1) is 9.83. The Bertz CT molecular complexity index is 503. The zero-order valence-corrected chi connectivity index (χ0v) is 9.33. The van der Waals surface area contributed by atoms with Gasteiger partial charge in [-0.2, -0.15) is 5.10 Å². The van der Waals surface area contributed by atoms with Gasteiger partial charge in [0.25, 0.3) is 0 Å². The van der Waals surface area contributed by atoms with Crippen LogP contribution in [0.1, 0.15) is 22.5 Å². The molecule has 0 bridgehead atoms. The Hall–Kier alpha value is -1.71. The average Bonchev–Trinajstić information content (AvgIpc) is 2.62. The number of nitrogens with zero attached hydrogens (tertiary/aromatic N) is 3. The number of hydrogen-bond acceptors (Lipinski definition) is 4. The van der Waals surface area contributed by atoms with Crippen LogP contribution in [0.4, 0.5) is 0 Å². The Morgan fingerprint density at radius 3 is 2.27 bits per heavy atom. The van der Waals surface area contributed by atoms with Crippen molar-refractivity contribution in [3.63, 3.8) is 0 Å². The van der Waals surface area contributed by atoms with E-state index in [4.69, 9.17) is 4.42 Å². The molecule has 0 aliphatic heterocycles. The molecule has 0 aromatic carbocycles. The molecule has 4 heteroatoms. The molecule has 0 fully saturated rings. The van der Waals surface area contributed by atoms with E-state index in [0.717, 1.165) is 28.2 Å². The van der Waals surface area contributed by atoms with Gasteiger partial charge in [0.1, 0.15) is 5.69 Å². The van der Waals surface area contributed by atoms with Gasteiger partial charge in [0, 0.05) is 0 Å². The van der Waals surface area contributed by atoms with E-state index in [-0.39, 0.29) is 0 Å². The highest BCUT2D eigenvalue weighted by atomic mass is 16.3. The van der Waals surface area contributed by atoms with Gasteiger partial charge in [0.2, 0.25) is 0 Å². The molecule has 78 valence electrons. The molecule has 0 radical (unpaired) electrons. The summed E-state index contributed by atoms with van der Waals surface area (Å²) in [6, 6.07) is 0. The number of aromatic nitrogens is 3. The van der Waals surface area contributed by atoms with Gasteiger partial charge in [0.05, 0.1) is 11.4 Å². The summed E-state index contributed by atoms with van der Waals surface area (Å²) in [5.74, 6) is 0.711. The molecule has 0 aliphatic carbocycles. The molecule has 0 N–H and O–H groups in total. The zero-order valence-electron chi connectivity index (χ0n) is 9.33. The number of rotatable bonds is 1. The van der Waals surface area contributed by atoms with E-state index in [1.807, 2.05) is 27.7 Å². The van der Waals surface area contributed by atoms with Crippen LogP contribution in [-0.4, -0.2) is 15.2 Å². The molecule has 15 heavy (non-hydrogen) atoms. The Morgan fingerprint density at radius 1 is 0.933 bits per heavy atom. The van der Waals surface area contributed by atoms with Crippen LogP contribution in [-0.2, 0) is 0 Å². The van der Waals surface area contributed by atoms with Crippen molar-refractivity contribution in [3.8, 4) is 11.5 Å². The molecule has 0 unspecified atom stereocenters. The predicted octanol–water partition coefficient (Wildman–Crippen LogP) is 2.37. The molecule has 0 saturated carbocycles. The van der Waals surface area contributed by atoms with Gasteiger partial charge in [0.15, 0.2) is 12.2 Å². The maximum atomic E-state index is 5.31. The lowest BCUT2D eigenvalue weighted by atomic mass is 10.1. The smallest absolute Gasteiger partial charge is 0.181 e. The van der Waals surface area contributed by atoms with E-state index >= 15 is 0 Å². The summed E-state index contributed by atoms with van der Waals surface area (Å²) in [6.07, 6.45) is 1.43. The van der Waals surface area contributed by atoms with Crippen LogP contribution in [0.3, 0.4) is 0 Å². The van der Waals surface area contributed by atoms with E-state index < -0.39 is 0 Å². The van der Waals surface area contributed by atoms with Crippen LogP contribution in [0, 0.1) is 27.7 Å². The third-order valence-electron chi connectivity index (χ3n) is 2.72.